The van der Waals surface area contributed by atoms with Crippen LogP contribution in [0.25, 0.3) is 0 Å². The summed E-state index contributed by atoms with van der Waals surface area (Å²) in [5.74, 6) is -0.0434. The van der Waals surface area contributed by atoms with Gasteiger partial charge >= 0.3 is 0 Å². The van der Waals surface area contributed by atoms with Gasteiger partial charge in [0.2, 0.25) is 5.91 Å². The van der Waals surface area contributed by atoms with Crippen LogP contribution >= 0.6 is 0 Å². The Morgan fingerprint density at radius 1 is 1.28 bits per heavy atom. The average molecular weight is 250 g/mol. The van der Waals surface area contributed by atoms with Gasteiger partial charge in [0.1, 0.15) is 0 Å². The van der Waals surface area contributed by atoms with Crippen molar-refractivity contribution in [2.24, 2.45) is 0 Å². The quantitative estimate of drug-likeness (QED) is 0.682. The van der Waals surface area contributed by atoms with E-state index < -0.39 is 6.10 Å². The van der Waals surface area contributed by atoms with Gasteiger partial charge in [-0.1, -0.05) is 44.2 Å². The number of hydrogen-bond donors (Lipinski definition) is 3. The van der Waals surface area contributed by atoms with Gasteiger partial charge in [-0.3, -0.25) is 4.79 Å². The molecule has 1 atom stereocenters. The molecule has 4 nitrogen and oxygen atoms in total. The number of carbonyl (C=O) groups is 1. The fourth-order valence-corrected chi connectivity index (χ4v) is 1.57. The molecular formula is C14H22N2O2. The van der Waals surface area contributed by atoms with Crippen LogP contribution in [0.4, 0.5) is 0 Å². The lowest BCUT2D eigenvalue weighted by Crippen LogP contribution is -2.32. The first-order chi connectivity index (χ1) is 8.59. The Morgan fingerprint density at radius 2 is 1.94 bits per heavy atom. The number of hydrogen-bond acceptors (Lipinski definition) is 3. The molecule has 18 heavy (non-hydrogen) atoms. The molecule has 0 spiro atoms. The normalized spacial score (nSPS) is 12.4. The molecule has 1 aromatic rings. The third-order valence-electron chi connectivity index (χ3n) is 2.58. The fourth-order valence-electron chi connectivity index (χ4n) is 1.57. The van der Waals surface area contributed by atoms with Crippen molar-refractivity contribution in [1.82, 2.24) is 10.6 Å². The summed E-state index contributed by atoms with van der Waals surface area (Å²) < 4.78 is 0. The molecule has 0 bridgehead atoms. The van der Waals surface area contributed by atoms with Gasteiger partial charge in [0, 0.05) is 25.6 Å². The zero-order chi connectivity index (χ0) is 13.4. The number of benzene rings is 1. The third kappa shape index (κ3) is 5.80. The molecule has 1 unspecified atom stereocenters. The monoisotopic (exact) mass is 250 g/mol. The van der Waals surface area contributed by atoms with Crippen LogP contribution in [0, 0.1) is 0 Å². The van der Waals surface area contributed by atoms with Crippen LogP contribution in [-0.2, 0) is 4.79 Å². The smallest absolute Gasteiger partial charge is 0.221 e. The van der Waals surface area contributed by atoms with E-state index >= 15 is 0 Å². The van der Waals surface area contributed by atoms with E-state index in [2.05, 4.69) is 10.6 Å². The Morgan fingerprint density at radius 3 is 2.56 bits per heavy atom. The molecule has 1 amide bonds. The van der Waals surface area contributed by atoms with Crippen molar-refractivity contribution in [2.45, 2.75) is 32.4 Å². The van der Waals surface area contributed by atoms with Crippen molar-refractivity contribution in [2.75, 3.05) is 13.1 Å². The first-order valence-corrected chi connectivity index (χ1v) is 6.32. The van der Waals surface area contributed by atoms with E-state index in [1.165, 1.54) is 0 Å². The third-order valence-corrected chi connectivity index (χ3v) is 2.58. The molecule has 0 saturated carbocycles. The molecule has 100 valence electrons. The van der Waals surface area contributed by atoms with Crippen LogP contribution in [-0.4, -0.2) is 30.1 Å². The number of aliphatic hydroxyl groups excluding tert-OH is 1. The maximum absolute atomic E-state index is 11.5. The first-order valence-electron chi connectivity index (χ1n) is 6.32. The maximum Gasteiger partial charge on any atom is 0.221 e. The van der Waals surface area contributed by atoms with Crippen molar-refractivity contribution < 1.29 is 9.90 Å². The van der Waals surface area contributed by atoms with Crippen molar-refractivity contribution >= 4 is 5.91 Å². The number of rotatable bonds is 7. The van der Waals surface area contributed by atoms with Crippen LogP contribution in [0.5, 0.6) is 0 Å². The minimum Gasteiger partial charge on any atom is -0.387 e. The second kappa shape index (κ2) is 7.84. The van der Waals surface area contributed by atoms with Gasteiger partial charge in [-0.05, 0) is 5.56 Å². The molecule has 1 rings (SSSR count). The van der Waals surface area contributed by atoms with Gasteiger partial charge < -0.3 is 15.7 Å². The van der Waals surface area contributed by atoms with Gasteiger partial charge in [0.15, 0.2) is 0 Å². The highest BCUT2D eigenvalue weighted by Gasteiger charge is 2.08. The highest BCUT2D eigenvalue weighted by atomic mass is 16.3. The molecule has 0 heterocycles. The number of amides is 1. The van der Waals surface area contributed by atoms with Gasteiger partial charge in [0.25, 0.3) is 0 Å². The summed E-state index contributed by atoms with van der Waals surface area (Å²) in [5.41, 5.74) is 0.818. The van der Waals surface area contributed by atoms with Gasteiger partial charge in [-0.25, -0.2) is 0 Å². The van der Waals surface area contributed by atoms with Crippen molar-refractivity contribution in [3.63, 3.8) is 0 Å². The van der Waals surface area contributed by atoms with Crippen molar-refractivity contribution in [3.8, 4) is 0 Å². The summed E-state index contributed by atoms with van der Waals surface area (Å²) in [7, 11) is 0. The van der Waals surface area contributed by atoms with E-state index in [-0.39, 0.29) is 12.5 Å². The Kier molecular flexibility index (Phi) is 6.39. The van der Waals surface area contributed by atoms with Gasteiger partial charge in [-0.15, -0.1) is 0 Å². The van der Waals surface area contributed by atoms with E-state index in [0.717, 1.165) is 5.56 Å². The lowest BCUT2D eigenvalue weighted by atomic mass is 10.1. The molecule has 0 saturated heterocycles. The molecule has 0 aliphatic carbocycles. The molecule has 4 heteroatoms. The Balaban J connectivity index is 2.22. The Labute approximate surface area is 108 Å². The zero-order valence-electron chi connectivity index (χ0n) is 11.0. The van der Waals surface area contributed by atoms with E-state index in [4.69, 9.17) is 0 Å². The molecular weight excluding hydrogens is 228 g/mol. The van der Waals surface area contributed by atoms with Crippen LogP contribution in [0.15, 0.2) is 30.3 Å². The largest absolute Gasteiger partial charge is 0.387 e. The van der Waals surface area contributed by atoms with E-state index in [9.17, 15) is 9.90 Å². The molecule has 0 fully saturated rings. The number of carbonyl (C=O) groups excluding carboxylic acids is 1. The minimum atomic E-state index is -0.645. The van der Waals surface area contributed by atoms with Crippen LogP contribution in [0.3, 0.4) is 0 Å². The Hall–Kier alpha value is -1.39. The highest BCUT2D eigenvalue weighted by molar-refractivity contribution is 5.76. The fraction of sp³-hybridized carbons (Fsp3) is 0.500. The van der Waals surface area contributed by atoms with E-state index in [0.29, 0.717) is 19.0 Å². The lowest BCUT2D eigenvalue weighted by Gasteiger charge is -2.12. The zero-order valence-corrected chi connectivity index (χ0v) is 11.0. The second-order valence-corrected chi connectivity index (χ2v) is 4.59. The molecule has 0 aliphatic rings. The topological polar surface area (TPSA) is 61.4 Å². The van der Waals surface area contributed by atoms with Gasteiger partial charge in [0.05, 0.1) is 6.10 Å². The summed E-state index contributed by atoms with van der Waals surface area (Å²) in [4.78, 5) is 11.5. The second-order valence-electron chi connectivity index (χ2n) is 4.59. The predicted octanol–water partition coefficient (Wildman–Crippen LogP) is 1.22. The predicted molar refractivity (Wildman–Crippen MR) is 72.2 cm³/mol. The molecule has 0 aromatic heterocycles. The summed E-state index contributed by atoms with van der Waals surface area (Å²) in [6, 6.07) is 9.70. The molecule has 3 N–H and O–H groups in total. The summed E-state index contributed by atoms with van der Waals surface area (Å²) in [6.45, 7) is 4.99. The van der Waals surface area contributed by atoms with E-state index in [1.807, 2.05) is 44.2 Å². The highest BCUT2D eigenvalue weighted by Crippen LogP contribution is 2.10. The summed E-state index contributed by atoms with van der Waals surface area (Å²) in [5, 5.41) is 15.8. The molecule has 1 aromatic carbocycles. The van der Waals surface area contributed by atoms with Crippen molar-refractivity contribution in [3.05, 3.63) is 35.9 Å². The summed E-state index contributed by atoms with van der Waals surface area (Å²) >= 11 is 0. The van der Waals surface area contributed by atoms with Gasteiger partial charge in [-0.2, -0.15) is 0 Å². The molecule has 0 radical (unpaired) electrons. The Bertz CT molecular complexity index is 352. The lowest BCUT2D eigenvalue weighted by molar-refractivity contribution is -0.121. The van der Waals surface area contributed by atoms with Crippen LogP contribution < -0.4 is 10.6 Å². The van der Waals surface area contributed by atoms with E-state index in [1.54, 1.807) is 0 Å². The maximum atomic E-state index is 11.5. The number of aliphatic hydroxyl groups is 1. The average Bonchev–Trinajstić information content (AvgIpc) is 2.36. The first kappa shape index (κ1) is 14.7. The van der Waals surface area contributed by atoms with Crippen LogP contribution in [0.1, 0.15) is 31.9 Å². The van der Waals surface area contributed by atoms with Crippen molar-refractivity contribution in [1.29, 1.82) is 0 Å². The van der Waals surface area contributed by atoms with Crippen LogP contribution in [0.2, 0.25) is 0 Å². The summed E-state index contributed by atoms with van der Waals surface area (Å²) in [6.07, 6.45) is -0.215. The SMILES string of the molecule is CC(C)NCCC(=O)NCC(O)c1ccccc1. The standard InChI is InChI=1S/C14H22N2O2/c1-11(2)15-9-8-14(18)16-10-13(17)12-6-4-3-5-7-12/h3-7,11,13,15,17H,8-10H2,1-2H3,(H,16,18). The number of nitrogens with one attached hydrogen (secondary N) is 2. The molecule has 0 aliphatic heterocycles. The minimum absolute atomic E-state index is 0.0434.